The number of sulfonamides is 1. The lowest BCUT2D eigenvalue weighted by molar-refractivity contribution is 0.297. The van der Waals surface area contributed by atoms with Crippen LogP contribution in [0.15, 0.2) is 66.0 Å². The van der Waals surface area contributed by atoms with Crippen molar-refractivity contribution in [3.8, 4) is 17.2 Å². The van der Waals surface area contributed by atoms with E-state index in [0.29, 0.717) is 36.0 Å². The summed E-state index contributed by atoms with van der Waals surface area (Å²) in [6.07, 6.45) is 5.62. The van der Waals surface area contributed by atoms with E-state index in [-0.39, 0.29) is 4.90 Å². The van der Waals surface area contributed by atoms with Gasteiger partial charge in [0.15, 0.2) is 11.5 Å². The second-order valence-corrected chi connectivity index (χ2v) is 10.2. The number of rotatable bonds is 6. The Labute approximate surface area is 195 Å². The molecule has 1 aliphatic heterocycles. The summed E-state index contributed by atoms with van der Waals surface area (Å²) in [5.74, 6) is 1.43. The first-order valence-corrected chi connectivity index (χ1v) is 12.6. The number of nitrogens with one attached hydrogen (secondary N) is 1. The van der Waals surface area contributed by atoms with Crippen LogP contribution in [0, 0.1) is 0 Å². The number of hydrogen-bond acceptors (Lipinski definition) is 8. The molecule has 33 heavy (non-hydrogen) atoms. The van der Waals surface area contributed by atoms with Crippen molar-refractivity contribution in [3.05, 3.63) is 71.5 Å². The van der Waals surface area contributed by atoms with Crippen molar-refractivity contribution in [2.45, 2.75) is 17.4 Å². The molecule has 1 aliphatic rings. The van der Waals surface area contributed by atoms with Crippen molar-refractivity contribution in [1.82, 2.24) is 14.7 Å². The van der Waals surface area contributed by atoms with E-state index >= 15 is 0 Å². The van der Waals surface area contributed by atoms with Crippen LogP contribution in [0.3, 0.4) is 0 Å². The van der Waals surface area contributed by atoms with Gasteiger partial charge in [-0.3, -0.25) is 4.98 Å². The molecule has 0 bridgehead atoms. The summed E-state index contributed by atoms with van der Waals surface area (Å²) >= 11 is 1.42. The average molecular weight is 484 g/mol. The van der Waals surface area contributed by atoms with Crippen molar-refractivity contribution in [2.75, 3.05) is 20.3 Å². The Hall–Kier alpha value is -3.21. The van der Waals surface area contributed by atoms with E-state index < -0.39 is 16.1 Å². The third-order valence-electron chi connectivity index (χ3n) is 5.25. The summed E-state index contributed by atoms with van der Waals surface area (Å²) in [6, 6.07) is 11.4. The lowest BCUT2D eigenvalue weighted by Gasteiger charge is -2.20. The third kappa shape index (κ3) is 4.37. The van der Waals surface area contributed by atoms with E-state index in [4.69, 9.17) is 14.2 Å². The molecule has 1 aromatic carbocycles. The predicted molar refractivity (Wildman–Crippen MR) is 125 cm³/mol. The molecule has 4 aromatic rings. The molecule has 0 spiro atoms. The zero-order chi connectivity index (χ0) is 22.8. The molecule has 0 aliphatic carbocycles. The molecule has 1 atom stereocenters. The Kier molecular flexibility index (Phi) is 5.88. The third-order valence-corrected chi connectivity index (χ3v) is 7.79. The molecular weight excluding hydrogens is 462 g/mol. The summed E-state index contributed by atoms with van der Waals surface area (Å²) in [5, 5.41) is 0.935. The van der Waals surface area contributed by atoms with Crippen molar-refractivity contribution in [3.63, 3.8) is 0 Å². The van der Waals surface area contributed by atoms with Crippen molar-refractivity contribution in [2.24, 2.45) is 0 Å². The zero-order valence-corrected chi connectivity index (χ0v) is 19.4. The molecule has 170 valence electrons. The Balaban J connectivity index is 1.57. The van der Waals surface area contributed by atoms with Gasteiger partial charge >= 0.3 is 0 Å². The van der Waals surface area contributed by atoms with Crippen LogP contribution in [0.25, 0.3) is 10.2 Å². The van der Waals surface area contributed by atoms with Gasteiger partial charge in [-0.05, 0) is 30.3 Å². The SMILES string of the molecule is COc1cnccc1C(NS(=O)(=O)c1ccc2c(c1)OCCCO2)c1cc2cccnc2s1. The van der Waals surface area contributed by atoms with Crippen LogP contribution in [0.2, 0.25) is 0 Å². The molecule has 3 aromatic heterocycles. The van der Waals surface area contributed by atoms with E-state index in [1.807, 2.05) is 18.2 Å². The number of pyridine rings is 2. The van der Waals surface area contributed by atoms with Gasteiger partial charge < -0.3 is 14.2 Å². The minimum atomic E-state index is -3.94. The van der Waals surface area contributed by atoms with E-state index in [1.54, 1.807) is 30.7 Å². The highest BCUT2D eigenvalue weighted by atomic mass is 32.2. The maximum atomic E-state index is 13.5. The molecule has 0 amide bonds. The van der Waals surface area contributed by atoms with E-state index in [2.05, 4.69) is 14.7 Å². The van der Waals surface area contributed by atoms with E-state index in [0.717, 1.165) is 21.5 Å². The fourth-order valence-corrected chi connectivity index (χ4v) is 6.00. The smallest absolute Gasteiger partial charge is 0.241 e. The van der Waals surface area contributed by atoms with E-state index in [9.17, 15) is 8.42 Å². The second kappa shape index (κ2) is 8.97. The lowest BCUT2D eigenvalue weighted by Crippen LogP contribution is -2.29. The number of methoxy groups -OCH3 is 1. The molecule has 1 N–H and O–H groups in total. The standard InChI is InChI=1S/C23H21N3O5S2/c1-29-20-14-24-9-7-17(20)22(21-12-15-4-2-8-25-23(15)32-21)26-33(27,28)16-5-6-18-19(13-16)31-11-3-10-30-18/h2,4-9,12-14,22,26H,3,10-11H2,1H3. The van der Waals surface area contributed by atoms with Crippen LogP contribution in [0.4, 0.5) is 0 Å². The fraction of sp³-hybridized carbons (Fsp3) is 0.217. The number of thiophene rings is 1. The molecule has 4 heterocycles. The topological polar surface area (TPSA) is 99.6 Å². The van der Waals surface area contributed by atoms with Gasteiger partial charge in [0.05, 0.1) is 37.5 Å². The Morgan fingerprint density at radius 3 is 2.76 bits per heavy atom. The van der Waals surface area contributed by atoms with Crippen molar-refractivity contribution < 1.29 is 22.6 Å². The highest BCUT2D eigenvalue weighted by Crippen LogP contribution is 2.37. The van der Waals surface area contributed by atoms with E-state index in [1.165, 1.54) is 30.6 Å². The average Bonchev–Trinajstić information content (AvgIpc) is 3.12. The molecule has 0 saturated carbocycles. The number of aromatic nitrogens is 2. The molecule has 8 nitrogen and oxygen atoms in total. The molecule has 0 fully saturated rings. The van der Waals surface area contributed by atoms with Crippen LogP contribution < -0.4 is 18.9 Å². The fourth-order valence-electron chi connectivity index (χ4n) is 3.64. The normalized spacial score (nSPS) is 14.6. The van der Waals surface area contributed by atoms with Gasteiger partial charge in [0.25, 0.3) is 0 Å². The monoisotopic (exact) mass is 483 g/mol. The number of hydrogen-bond donors (Lipinski definition) is 1. The molecular formula is C23H21N3O5S2. The summed E-state index contributed by atoms with van der Waals surface area (Å²) in [7, 11) is -2.41. The highest BCUT2D eigenvalue weighted by molar-refractivity contribution is 7.89. The molecule has 1 unspecified atom stereocenters. The minimum absolute atomic E-state index is 0.0870. The van der Waals surface area contributed by atoms with Gasteiger partial charge in [-0.25, -0.2) is 13.4 Å². The van der Waals surface area contributed by atoms with Crippen molar-refractivity contribution >= 4 is 31.6 Å². The first kappa shape index (κ1) is 21.6. The van der Waals surface area contributed by atoms with Crippen LogP contribution in [0.1, 0.15) is 22.9 Å². The van der Waals surface area contributed by atoms with Crippen LogP contribution >= 0.6 is 11.3 Å². The lowest BCUT2D eigenvalue weighted by atomic mass is 10.1. The summed E-state index contributed by atoms with van der Waals surface area (Å²) in [5.41, 5.74) is 0.650. The van der Waals surface area contributed by atoms with Gasteiger partial charge in [-0.2, -0.15) is 4.72 Å². The largest absolute Gasteiger partial charge is 0.495 e. The highest BCUT2D eigenvalue weighted by Gasteiger charge is 2.28. The minimum Gasteiger partial charge on any atom is -0.495 e. The van der Waals surface area contributed by atoms with Gasteiger partial charge in [0.2, 0.25) is 10.0 Å². The first-order valence-electron chi connectivity index (χ1n) is 10.3. The Morgan fingerprint density at radius 1 is 1.09 bits per heavy atom. The second-order valence-electron chi connectivity index (χ2n) is 7.38. The zero-order valence-electron chi connectivity index (χ0n) is 17.7. The molecule has 5 rings (SSSR count). The first-order chi connectivity index (χ1) is 16.0. The number of fused-ring (bicyclic) bond motifs is 2. The van der Waals surface area contributed by atoms with Gasteiger partial charge in [-0.15, -0.1) is 11.3 Å². The maximum Gasteiger partial charge on any atom is 0.241 e. The number of benzene rings is 1. The van der Waals surface area contributed by atoms with Crippen LogP contribution in [0.5, 0.6) is 17.2 Å². The quantitative estimate of drug-likeness (QED) is 0.444. The van der Waals surface area contributed by atoms with Gasteiger partial charge in [0.1, 0.15) is 10.6 Å². The van der Waals surface area contributed by atoms with Crippen molar-refractivity contribution in [1.29, 1.82) is 0 Å². The Morgan fingerprint density at radius 2 is 1.94 bits per heavy atom. The molecule has 0 saturated heterocycles. The van der Waals surface area contributed by atoms with Crippen LogP contribution in [-0.2, 0) is 10.0 Å². The van der Waals surface area contributed by atoms with Crippen LogP contribution in [-0.4, -0.2) is 38.7 Å². The molecule has 10 heteroatoms. The molecule has 0 radical (unpaired) electrons. The Bertz CT molecular complexity index is 1370. The summed E-state index contributed by atoms with van der Waals surface area (Å²) in [6.45, 7) is 0.997. The number of ether oxygens (including phenoxy) is 3. The van der Waals surface area contributed by atoms with Gasteiger partial charge in [0, 0.05) is 40.7 Å². The summed E-state index contributed by atoms with van der Waals surface area (Å²) in [4.78, 5) is 10.2. The van der Waals surface area contributed by atoms with Gasteiger partial charge in [-0.1, -0.05) is 6.07 Å². The predicted octanol–water partition coefficient (Wildman–Crippen LogP) is 3.93. The number of nitrogens with zero attached hydrogens (tertiary/aromatic N) is 2. The summed E-state index contributed by atoms with van der Waals surface area (Å²) < 4.78 is 46.7. The maximum absolute atomic E-state index is 13.5.